The fourth-order valence-electron chi connectivity index (χ4n) is 3.12. The molecule has 0 atom stereocenters. The average Bonchev–Trinajstić information content (AvgIpc) is 2.79. The van der Waals surface area contributed by atoms with Gasteiger partial charge < -0.3 is 9.97 Å². The molecule has 0 aliphatic heterocycles. The summed E-state index contributed by atoms with van der Waals surface area (Å²) in [6.45, 7) is 2.97. The van der Waals surface area contributed by atoms with Crippen LogP contribution < -0.4 is 21.7 Å². The van der Waals surface area contributed by atoms with Crippen LogP contribution in [-0.2, 0) is 0 Å². The first-order chi connectivity index (χ1) is 15.8. The van der Waals surface area contributed by atoms with E-state index in [1.54, 1.807) is 24.3 Å². The maximum Gasteiger partial charge on any atom is 0.256 e. The van der Waals surface area contributed by atoms with Gasteiger partial charge in [-0.1, -0.05) is 6.08 Å². The van der Waals surface area contributed by atoms with Crippen molar-refractivity contribution in [3.05, 3.63) is 70.9 Å². The fourth-order valence-corrected chi connectivity index (χ4v) is 3.12. The highest BCUT2D eigenvalue weighted by atomic mass is 16.1. The summed E-state index contributed by atoms with van der Waals surface area (Å²) < 4.78 is 0. The normalized spacial score (nSPS) is 10.5. The molecule has 0 aromatic carbocycles. The molecule has 33 heavy (non-hydrogen) atoms. The first kappa shape index (κ1) is 23.6. The van der Waals surface area contributed by atoms with Crippen molar-refractivity contribution in [1.29, 1.82) is 31.6 Å². The molecule has 0 saturated heterocycles. The zero-order valence-electron chi connectivity index (χ0n) is 17.3. The van der Waals surface area contributed by atoms with Gasteiger partial charge in [-0.2, -0.15) is 31.6 Å². The Kier molecular flexibility index (Phi) is 7.07. The van der Waals surface area contributed by atoms with Crippen molar-refractivity contribution in [2.45, 2.75) is 19.8 Å². The van der Waals surface area contributed by atoms with Crippen molar-refractivity contribution in [3.8, 4) is 36.4 Å². The molecule has 0 unspecified atom stereocenters. The Morgan fingerprint density at radius 1 is 0.848 bits per heavy atom. The molecular formula is C23H12N8O2. The third kappa shape index (κ3) is 4.28. The molecule has 0 fully saturated rings. The number of hydrogen-bond donors (Lipinski definition) is 2. The summed E-state index contributed by atoms with van der Waals surface area (Å²) in [5, 5.41) is 55.1. The summed E-state index contributed by atoms with van der Waals surface area (Å²) in [7, 11) is 0. The Balaban J connectivity index is 2.77. The monoisotopic (exact) mass is 432 g/mol. The second-order valence-corrected chi connectivity index (χ2v) is 6.56. The quantitative estimate of drug-likeness (QED) is 0.684. The Labute approximate surface area is 186 Å². The summed E-state index contributed by atoms with van der Waals surface area (Å²) in [6.07, 6.45) is 4.04. The van der Waals surface area contributed by atoms with Crippen LogP contribution in [0.25, 0.3) is 17.7 Å². The number of hydrogen-bond acceptors (Lipinski definition) is 8. The van der Waals surface area contributed by atoms with E-state index in [4.69, 9.17) is 21.0 Å². The number of allylic oxidation sites excluding steroid dienone is 1. The van der Waals surface area contributed by atoms with E-state index < -0.39 is 22.6 Å². The summed E-state index contributed by atoms with van der Waals surface area (Å²) in [6, 6.07) is 10.4. The first-order valence-electron chi connectivity index (χ1n) is 9.11. The minimum Gasteiger partial charge on any atom is -0.322 e. The molecule has 0 bridgehead atoms. The number of nitrogens with zero attached hydrogens (tertiary/aromatic N) is 6. The summed E-state index contributed by atoms with van der Waals surface area (Å²) in [5.41, 5.74) is -1.29. The minimum absolute atomic E-state index is 0.0106. The van der Waals surface area contributed by atoms with E-state index in [-0.39, 0.29) is 44.1 Å². The van der Waals surface area contributed by atoms with Crippen LogP contribution in [0.4, 0.5) is 0 Å². The lowest BCUT2D eigenvalue weighted by Crippen LogP contribution is -2.38. The van der Waals surface area contributed by atoms with Gasteiger partial charge in [0, 0.05) is 10.8 Å². The molecule has 0 aliphatic rings. The third-order valence-electron chi connectivity index (χ3n) is 4.82. The molecule has 10 nitrogen and oxygen atoms in total. The number of aromatic amines is 2. The van der Waals surface area contributed by atoms with Crippen LogP contribution in [0.1, 0.15) is 39.4 Å². The molecule has 2 aromatic heterocycles. The second-order valence-electron chi connectivity index (χ2n) is 6.56. The van der Waals surface area contributed by atoms with Crippen LogP contribution in [0, 0.1) is 81.8 Å². The lowest BCUT2D eigenvalue weighted by molar-refractivity contribution is 0.970. The third-order valence-corrected chi connectivity index (χ3v) is 4.82. The molecule has 2 heterocycles. The first-order valence-corrected chi connectivity index (χ1v) is 9.11. The van der Waals surface area contributed by atoms with Gasteiger partial charge >= 0.3 is 0 Å². The second kappa shape index (κ2) is 9.88. The summed E-state index contributed by atoms with van der Waals surface area (Å²) in [5.74, 6) is -1.32. The number of rotatable bonds is 3. The summed E-state index contributed by atoms with van der Waals surface area (Å²) in [4.78, 5) is 29.8. The van der Waals surface area contributed by atoms with Crippen LogP contribution in [0.3, 0.4) is 0 Å². The van der Waals surface area contributed by atoms with E-state index in [9.17, 15) is 20.1 Å². The fraction of sp³-hybridized carbons (Fsp3) is 0.130. The maximum absolute atomic E-state index is 12.5. The van der Waals surface area contributed by atoms with Crippen LogP contribution in [0.2, 0.25) is 0 Å². The molecule has 2 aromatic rings. The standard InChI is InChI=1S/C23H12N8O2/c1-12-16(22(32)30-20(18(12)10-28)14(6-24)7-25)4-3-5-17-13(2)19(11-29)21(31-23(17)33)15(8-26)9-27/h3-5,14H,1-2H3,(H,30,32)(H,31,33). The zero-order valence-corrected chi connectivity index (χ0v) is 17.3. The highest BCUT2D eigenvalue weighted by Gasteiger charge is 2.20. The van der Waals surface area contributed by atoms with Crippen molar-refractivity contribution < 1.29 is 0 Å². The Morgan fingerprint density at radius 3 is 1.97 bits per heavy atom. The zero-order chi connectivity index (χ0) is 24.7. The minimum atomic E-state index is -1.32. The Morgan fingerprint density at radius 2 is 1.45 bits per heavy atom. The molecule has 0 amide bonds. The van der Waals surface area contributed by atoms with Gasteiger partial charge in [0.2, 0.25) is 0 Å². The lowest BCUT2D eigenvalue weighted by Gasteiger charge is -2.09. The van der Waals surface area contributed by atoms with E-state index in [0.29, 0.717) is 0 Å². The van der Waals surface area contributed by atoms with Gasteiger partial charge in [-0.15, -0.1) is 0 Å². The van der Waals surface area contributed by atoms with E-state index in [0.717, 1.165) is 0 Å². The van der Waals surface area contributed by atoms with Gasteiger partial charge in [0.25, 0.3) is 11.1 Å². The molecule has 10 heteroatoms. The van der Waals surface area contributed by atoms with Gasteiger partial charge in [0.15, 0.2) is 11.5 Å². The number of pyridine rings is 2. The number of aromatic nitrogens is 2. The smallest absolute Gasteiger partial charge is 0.256 e. The van der Waals surface area contributed by atoms with Crippen molar-refractivity contribution in [2.75, 3.05) is 0 Å². The molecule has 2 rings (SSSR count). The van der Waals surface area contributed by atoms with Gasteiger partial charge in [0.1, 0.15) is 24.3 Å². The van der Waals surface area contributed by atoms with Crippen molar-refractivity contribution in [3.63, 3.8) is 0 Å². The Bertz CT molecular complexity index is 1670. The number of nitriles is 6. The predicted octanol–water partition coefficient (Wildman–Crippen LogP) is 0.246. The maximum atomic E-state index is 12.5. The highest BCUT2D eigenvalue weighted by molar-refractivity contribution is 5.73. The lowest BCUT2D eigenvalue weighted by atomic mass is 9.96. The topological polar surface area (TPSA) is 208 Å². The van der Waals surface area contributed by atoms with Gasteiger partial charge in [0.05, 0.1) is 34.3 Å². The van der Waals surface area contributed by atoms with Gasteiger partial charge in [-0.3, -0.25) is 9.59 Å². The highest BCUT2D eigenvalue weighted by Crippen LogP contribution is 2.20. The Hall–Kier alpha value is -5.68. The van der Waals surface area contributed by atoms with Gasteiger partial charge in [-0.25, -0.2) is 0 Å². The molecule has 0 spiro atoms. The van der Waals surface area contributed by atoms with E-state index in [1.165, 1.54) is 32.1 Å². The van der Waals surface area contributed by atoms with Crippen LogP contribution in [0.15, 0.2) is 15.7 Å². The van der Waals surface area contributed by atoms with E-state index in [1.807, 2.05) is 12.1 Å². The number of H-pyrrole nitrogens is 2. The van der Waals surface area contributed by atoms with Crippen molar-refractivity contribution >= 4 is 17.7 Å². The van der Waals surface area contributed by atoms with Crippen molar-refractivity contribution in [1.82, 2.24) is 9.97 Å². The number of nitrogens with one attached hydrogen (secondary N) is 2. The average molecular weight is 432 g/mol. The summed E-state index contributed by atoms with van der Waals surface area (Å²) >= 11 is 0. The molecule has 0 aliphatic carbocycles. The predicted molar refractivity (Wildman–Crippen MR) is 114 cm³/mol. The molecular weight excluding hydrogens is 420 g/mol. The van der Waals surface area contributed by atoms with E-state index >= 15 is 0 Å². The molecule has 0 saturated carbocycles. The molecule has 0 radical (unpaired) electrons. The SMILES string of the molecule is Cc1c(C#N)c(C(C#N)C#N)[nH]c(=O)c1C=CC=c1c(C)c(C#N)c(=C(C#N)C#N)[nH]c1=O. The largest absolute Gasteiger partial charge is 0.322 e. The van der Waals surface area contributed by atoms with E-state index in [2.05, 4.69) is 9.97 Å². The van der Waals surface area contributed by atoms with Crippen LogP contribution in [-0.4, -0.2) is 9.97 Å². The van der Waals surface area contributed by atoms with Crippen LogP contribution in [0.5, 0.6) is 0 Å². The van der Waals surface area contributed by atoms with Gasteiger partial charge in [-0.05, 0) is 37.1 Å². The van der Waals surface area contributed by atoms with Crippen molar-refractivity contribution in [2.24, 2.45) is 0 Å². The molecule has 2 N–H and O–H groups in total. The molecule has 156 valence electrons. The van der Waals surface area contributed by atoms with Crippen LogP contribution >= 0.6 is 0 Å².